The second-order valence-corrected chi connectivity index (χ2v) is 3.44. The van der Waals surface area contributed by atoms with Gasteiger partial charge in [0.1, 0.15) is 12.7 Å². The second-order valence-electron chi connectivity index (χ2n) is 3.44. The highest BCUT2D eigenvalue weighted by atomic mass is 15.5. The molecule has 0 bridgehead atoms. The smallest absolute Gasteiger partial charge is 0.230 e. The first-order valence-electron chi connectivity index (χ1n) is 5.80. The average Bonchev–Trinajstić information content (AvgIpc) is 2.51. The number of hydrazone groups is 6. The third-order valence-electron chi connectivity index (χ3n) is 1.60. The summed E-state index contributed by atoms with van der Waals surface area (Å²) in [6.07, 6.45) is 5.23. The Bertz CT molecular complexity index is 454. The fraction of sp³-hybridized carbons (Fsp3) is 0.222. The molecule has 22 heavy (non-hydrogen) atoms. The van der Waals surface area contributed by atoms with Crippen LogP contribution in [-0.2, 0) is 0 Å². The normalized spacial score (nSPS) is 13.4. The van der Waals surface area contributed by atoms with Crippen molar-refractivity contribution in [2.45, 2.75) is 13.8 Å². The molecule has 13 heteroatoms. The van der Waals surface area contributed by atoms with E-state index in [9.17, 15) is 0 Å². The maximum Gasteiger partial charge on any atom is 0.230 e. The first kappa shape index (κ1) is 18.5. The lowest BCUT2D eigenvalue weighted by Gasteiger charge is -2.02. The van der Waals surface area contributed by atoms with Gasteiger partial charge < -0.3 is 11.7 Å². The molecule has 0 rings (SSSR count). The van der Waals surface area contributed by atoms with Crippen molar-refractivity contribution in [3.05, 3.63) is 0 Å². The maximum absolute atomic E-state index is 7.53. The monoisotopic (exact) mass is 309 g/mol. The molecule has 120 valence electrons. The van der Waals surface area contributed by atoms with Crippen LogP contribution in [0, 0.1) is 5.41 Å². The van der Waals surface area contributed by atoms with Gasteiger partial charge in [0, 0.05) is 0 Å². The van der Waals surface area contributed by atoms with Crippen LogP contribution >= 0.6 is 0 Å². The van der Waals surface area contributed by atoms with Crippen LogP contribution in [0.25, 0.3) is 0 Å². The highest BCUT2D eigenvalue weighted by molar-refractivity contribution is 6.30. The molecule has 0 aromatic heterocycles. The summed E-state index contributed by atoms with van der Waals surface area (Å²) in [6.45, 7) is 3.35. The van der Waals surface area contributed by atoms with Crippen molar-refractivity contribution in [1.82, 2.24) is 21.7 Å². The lowest BCUT2D eigenvalue weighted by Crippen LogP contribution is -2.31. The van der Waals surface area contributed by atoms with E-state index in [2.05, 4.69) is 52.3 Å². The van der Waals surface area contributed by atoms with Crippen molar-refractivity contribution in [3.63, 3.8) is 0 Å². The number of hydrogen-bond donors (Lipinski definition) is 7. The number of nitrogens with zero attached hydrogens (tertiary/aromatic N) is 6. The molecule has 0 saturated carbocycles. The van der Waals surface area contributed by atoms with Gasteiger partial charge in [-0.05, 0) is 13.8 Å². The van der Waals surface area contributed by atoms with Crippen LogP contribution in [0.3, 0.4) is 0 Å². The van der Waals surface area contributed by atoms with Crippen molar-refractivity contribution in [3.8, 4) is 0 Å². The zero-order chi connectivity index (χ0) is 16.6. The van der Waals surface area contributed by atoms with Gasteiger partial charge in [0.05, 0.1) is 23.9 Å². The third kappa shape index (κ3) is 11.6. The molecule has 0 radical (unpaired) electrons. The fourth-order valence-electron chi connectivity index (χ4n) is 0.766. The Kier molecular flexibility index (Phi) is 10.5. The highest BCUT2D eigenvalue weighted by Crippen LogP contribution is 1.73. The van der Waals surface area contributed by atoms with E-state index >= 15 is 0 Å². The number of nitrogens with one attached hydrogen (secondary N) is 5. The lowest BCUT2D eigenvalue weighted by atomic mass is 10.5. The Morgan fingerprint density at radius 2 is 1.27 bits per heavy atom. The minimum Gasteiger partial charge on any atom is -0.322 e. The minimum absolute atomic E-state index is 0.131. The largest absolute Gasteiger partial charge is 0.322 e. The van der Waals surface area contributed by atoms with Gasteiger partial charge in [0.2, 0.25) is 5.96 Å². The molecule has 0 aromatic carbocycles. The standard InChI is InChI=1S/C9H19N13/c1-7(3-15-17-5-13-11)19-21-9(10)22-20-8(2)4-16-18-6-14-12/h3-6H,11-12H2,1-2H3,(H,13,17)(H,14,18)(H3,10,21,22). The molecule has 0 heterocycles. The summed E-state index contributed by atoms with van der Waals surface area (Å²) in [6, 6.07) is 0. The summed E-state index contributed by atoms with van der Waals surface area (Å²) in [5.74, 6) is 9.60. The third-order valence-corrected chi connectivity index (χ3v) is 1.60. The molecular weight excluding hydrogens is 290 g/mol. The molecule has 0 aliphatic carbocycles. The van der Waals surface area contributed by atoms with E-state index in [0.29, 0.717) is 11.4 Å². The Morgan fingerprint density at radius 3 is 1.64 bits per heavy atom. The van der Waals surface area contributed by atoms with E-state index in [1.165, 1.54) is 25.1 Å². The molecule has 0 aliphatic rings. The van der Waals surface area contributed by atoms with Crippen LogP contribution < -0.4 is 33.4 Å². The van der Waals surface area contributed by atoms with E-state index in [0.717, 1.165) is 0 Å². The lowest BCUT2D eigenvalue weighted by molar-refractivity contribution is 0.887. The molecule has 0 spiro atoms. The first-order chi connectivity index (χ1) is 10.6. The van der Waals surface area contributed by atoms with E-state index in [1.54, 1.807) is 13.8 Å². The highest BCUT2D eigenvalue weighted by Gasteiger charge is 1.92. The summed E-state index contributed by atoms with van der Waals surface area (Å²) >= 11 is 0. The van der Waals surface area contributed by atoms with Gasteiger partial charge in [-0.3, -0.25) is 16.3 Å². The van der Waals surface area contributed by atoms with E-state index in [4.69, 9.17) is 17.1 Å². The average molecular weight is 309 g/mol. The first-order valence-corrected chi connectivity index (χ1v) is 5.80. The Balaban J connectivity index is 4.17. The molecular formula is C9H19N13. The molecule has 0 atom stereocenters. The number of rotatable bonds is 8. The van der Waals surface area contributed by atoms with Gasteiger partial charge in [-0.25, -0.2) is 10.9 Å². The van der Waals surface area contributed by atoms with Crippen LogP contribution in [0.4, 0.5) is 0 Å². The van der Waals surface area contributed by atoms with Crippen molar-refractivity contribution in [2.24, 2.45) is 42.3 Å². The molecule has 13 nitrogen and oxygen atoms in total. The SMILES string of the molecule is CC(C=NNC=NN)=NNC(=N)NN=C(C)C=NNC=NN. The molecule has 0 unspecified atom stereocenters. The van der Waals surface area contributed by atoms with Crippen LogP contribution in [0.5, 0.6) is 0 Å². The predicted molar refractivity (Wildman–Crippen MR) is 88.8 cm³/mol. The van der Waals surface area contributed by atoms with Crippen LogP contribution in [-0.4, -0.2) is 42.5 Å². The summed E-state index contributed by atoms with van der Waals surface area (Å²) < 4.78 is 0. The van der Waals surface area contributed by atoms with E-state index < -0.39 is 0 Å². The topological polar surface area (TPSA) is 198 Å². The maximum atomic E-state index is 7.53. The van der Waals surface area contributed by atoms with Crippen LogP contribution in [0.2, 0.25) is 0 Å². The summed E-state index contributed by atoms with van der Waals surface area (Å²) in [5, 5.41) is 29.1. The van der Waals surface area contributed by atoms with Gasteiger partial charge in [-0.1, -0.05) is 0 Å². The summed E-state index contributed by atoms with van der Waals surface area (Å²) in [7, 11) is 0. The summed E-state index contributed by atoms with van der Waals surface area (Å²) in [5.41, 5.74) is 10.8. The van der Waals surface area contributed by atoms with Crippen LogP contribution in [0.15, 0.2) is 30.6 Å². The number of hydrogen-bond acceptors (Lipinski definition) is 9. The predicted octanol–water partition coefficient (Wildman–Crippen LogP) is -2.19. The molecule has 0 aromatic rings. The van der Waals surface area contributed by atoms with Gasteiger partial charge in [-0.2, -0.15) is 30.6 Å². The quantitative estimate of drug-likeness (QED) is 0.115. The number of nitrogens with two attached hydrogens (primary N) is 2. The molecule has 0 fully saturated rings. The zero-order valence-corrected chi connectivity index (χ0v) is 12.1. The minimum atomic E-state index is -0.131. The van der Waals surface area contributed by atoms with E-state index in [1.807, 2.05) is 0 Å². The van der Waals surface area contributed by atoms with Gasteiger partial charge in [-0.15, -0.1) is 0 Å². The van der Waals surface area contributed by atoms with Gasteiger partial charge >= 0.3 is 0 Å². The van der Waals surface area contributed by atoms with Crippen molar-refractivity contribution >= 4 is 42.5 Å². The molecule has 9 N–H and O–H groups in total. The second kappa shape index (κ2) is 12.5. The molecule has 0 aliphatic heterocycles. The van der Waals surface area contributed by atoms with Crippen molar-refractivity contribution in [2.75, 3.05) is 0 Å². The Hall–Kier alpha value is -3.51. The summed E-state index contributed by atoms with van der Waals surface area (Å²) in [4.78, 5) is 0. The number of guanidine groups is 1. The van der Waals surface area contributed by atoms with E-state index in [-0.39, 0.29) is 5.96 Å². The molecule has 0 saturated heterocycles. The van der Waals surface area contributed by atoms with Crippen molar-refractivity contribution in [1.29, 1.82) is 5.41 Å². The zero-order valence-electron chi connectivity index (χ0n) is 12.1. The Labute approximate surface area is 126 Å². The molecule has 0 amide bonds. The van der Waals surface area contributed by atoms with Gasteiger partial charge in [0.15, 0.2) is 0 Å². The van der Waals surface area contributed by atoms with Crippen LogP contribution in [0.1, 0.15) is 13.8 Å². The van der Waals surface area contributed by atoms with Gasteiger partial charge in [0.25, 0.3) is 0 Å². The Morgan fingerprint density at radius 1 is 0.864 bits per heavy atom. The van der Waals surface area contributed by atoms with Crippen molar-refractivity contribution < 1.29 is 0 Å². The fourth-order valence-corrected chi connectivity index (χ4v) is 0.766.